The van der Waals surface area contributed by atoms with Crippen LogP contribution in [0.3, 0.4) is 0 Å². The number of aliphatic hydroxyl groups is 1. The van der Waals surface area contributed by atoms with Crippen LogP contribution in [-0.4, -0.2) is 57.6 Å². The van der Waals surface area contributed by atoms with E-state index in [2.05, 4.69) is 25.9 Å². The number of rotatable bonds is 3. The van der Waals surface area contributed by atoms with E-state index in [-0.39, 0.29) is 29.1 Å². The molecule has 0 radical (unpaired) electrons. The summed E-state index contributed by atoms with van der Waals surface area (Å²) < 4.78 is 7.61. The van der Waals surface area contributed by atoms with E-state index in [1.165, 1.54) is 0 Å². The van der Waals surface area contributed by atoms with Gasteiger partial charge in [0.05, 0.1) is 29.5 Å². The SMILES string of the molecule is CCOC1CC(O)C12CCN(C(=O)c1cnn(C(C)(C)C)c1)CC2. The minimum absolute atomic E-state index is 0.0297. The molecule has 1 aromatic heterocycles. The molecule has 1 spiro atoms. The number of hydrogen-bond donors (Lipinski definition) is 1. The Morgan fingerprint density at radius 1 is 1.42 bits per heavy atom. The van der Waals surface area contributed by atoms with Crippen LogP contribution in [0.5, 0.6) is 0 Å². The molecule has 0 aromatic carbocycles. The van der Waals surface area contributed by atoms with Gasteiger partial charge >= 0.3 is 0 Å². The van der Waals surface area contributed by atoms with Gasteiger partial charge in [-0.05, 0) is 40.5 Å². The normalized spacial score (nSPS) is 26.5. The molecule has 1 amide bonds. The van der Waals surface area contributed by atoms with Gasteiger partial charge in [-0.1, -0.05) is 0 Å². The van der Waals surface area contributed by atoms with E-state index in [4.69, 9.17) is 4.74 Å². The Labute approximate surface area is 143 Å². The second kappa shape index (κ2) is 6.15. The lowest BCUT2D eigenvalue weighted by atomic mass is 9.58. The molecule has 3 rings (SSSR count). The molecule has 1 aromatic rings. The van der Waals surface area contributed by atoms with Gasteiger partial charge in [0, 0.05) is 37.7 Å². The van der Waals surface area contributed by atoms with Crippen molar-refractivity contribution < 1.29 is 14.6 Å². The first-order valence-corrected chi connectivity index (χ1v) is 8.92. The Morgan fingerprint density at radius 2 is 2.08 bits per heavy atom. The molecule has 1 aliphatic carbocycles. The molecule has 1 aliphatic heterocycles. The molecule has 134 valence electrons. The summed E-state index contributed by atoms with van der Waals surface area (Å²) in [4.78, 5) is 14.6. The summed E-state index contributed by atoms with van der Waals surface area (Å²) in [6, 6.07) is 0. The highest BCUT2D eigenvalue weighted by atomic mass is 16.5. The van der Waals surface area contributed by atoms with Crippen LogP contribution in [-0.2, 0) is 10.3 Å². The van der Waals surface area contributed by atoms with Gasteiger partial charge in [-0.3, -0.25) is 9.48 Å². The highest BCUT2D eigenvalue weighted by Gasteiger charge is 2.56. The number of carbonyl (C=O) groups excluding carboxylic acids is 1. The zero-order valence-corrected chi connectivity index (χ0v) is 15.2. The summed E-state index contributed by atoms with van der Waals surface area (Å²) in [5, 5.41) is 14.6. The molecule has 6 heteroatoms. The molecule has 1 saturated heterocycles. The number of carbonyl (C=O) groups is 1. The summed E-state index contributed by atoms with van der Waals surface area (Å²) >= 11 is 0. The summed E-state index contributed by atoms with van der Waals surface area (Å²) in [5.74, 6) is 0.0297. The predicted octanol–water partition coefficient (Wildman–Crippen LogP) is 2.03. The second-order valence-electron chi connectivity index (χ2n) is 8.07. The topological polar surface area (TPSA) is 67.6 Å². The monoisotopic (exact) mass is 335 g/mol. The first-order valence-electron chi connectivity index (χ1n) is 8.92. The molecule has 2 fully saturated rings. The highest BCUT2D eigenvalue weighted by Crippen LogP contribution is 2.51. The molecule has 24 heavy (non-hydrogen) atoms. The molecule has 2 aliphatic rings. The Bertz CT molecular complexity index is 595. The van der Waals surface area contributed by atoms with Crippen molar-refractivity contribution in [2.75, 3.05) is 19.7 Å². The molecular weight excluding hydrogens is 306 g/mol. The maximum absolute atomic E-state index is 12.7. The zero-order chi connectivity index (χ0) is 17.5. The number of nitrogens with zero attached hydrogens (tertiary/aromatic N) is 3. The second-order valence-corrected chi connectivity index (χ2v) is 8.07. The van der Waals surface area contributed by atoms with Crippen LogP contribution in [0.4, 0.5) is 0 Å². The highest BCUT2D eigenvalue weighted by molar-refractivity contribution is 5.93. The van der Waals surface area contributed by atoms with Crippen molar-refractivity contribution in [2.24, 2.45) is 5.41 Å². The van der Waals surface area contributed by atoms with Crippen LogP contribution in [0.1, 0.15) is 57.3 Å². The van der Waals surface area contributed by atoms with Gasteiger partial charge in [0.15, 0.2) is 0 Å². The van der Waals surface area contributed by atoms with Crippen molar-refractivity contribution in [1.82, 2.24) is 14.7 Å². The fourth-order valence-corrected chi connectivity index (χ4v) is 3.93. The molecule has 2 heterocycles. The van der Waals surface area contributed by atoms with Crippen molar-refractivity contribution in [2.45, 2.75) is 64.7 Å². The molecular formula is C18H29N3O3. The maximum atomic E-state index is 12.7. The number of ether oxygens (including phenoxy) is 1. The third-order valence-electron chi connectivity index (χ3n) is 5.61. The maximum Gasteiger partial charge on any atom is 0.257 e. The van der Waals surface area contributed by atoms with E-state index in [1.807, 2.05) is 22.7 Å². The van der Waals surface area contributed by atoms with Crippen LogP contribution < -0.4 is 0 Å². The Morgan fingerprint density at radius 3 is 2.58 bits per heavy atom. The number of aromatic nitrogens is 2. The number of likely N-dealkylation sites (tertiary alicyclic amines) is 1. The minimum atomic E-state index is -0.296. The molecule has 1 saturated carbocycles. The average Bonchev–Trinajstić information content (AvgIpc) is 3.04. The van der Waals surface area contributed by atoms with Crippen molar-refractivity contribution in [3.8, 4) is 0 Å². The Kier molecular flexibility index (Phi) is 4.47. The smallest absolute Gasteiger partial charge is 0.257 e. The number of aliphatic hydroxyl groups excluding tert-OH is 1. The minimum Gasteiger partial charge on any atom is -0.392 e. The molecule has 2 atom stereocenters. The number of hydrogen-bond acceptors (Lipinski definition) is 4. The summed E-state index contributed by atoms with van der Waals surface area (Å²) in [7, 11) is 0. The molecule has 1 N–H and O–H groups in total. The molecule has 2 unspecified atom stereocenters. The lowest BCUT2D eigenvalue weighted by Crippen LogP contribution is -2.62. The third kappa shape index (κ3) is 2.86. The van der Waals surface area contributed by atoms with Crippen LogP contribution in [0, 0.1) is 5.41 Å². The fraction of sp³-hybridized carbons (Fsp3) is 0.778. The van der Waals surface area contributed by atoms with Crippen LogP contribution in [0.15, 0.2) is 12.4 Å². The van der Waals surface area contributed by atoms with E-state index in [9.17, 15) is 9.90 Å². The summed E-state index contributed by atoms with van der Waals surface area (Å²) in [6.07, 6.45) is 5.65. The van der Waals surface area contributed by atoms with Gasteiger partial charge in [0.25, 0.3) is 5.91 Å². The van der Waals surface area contributed by atoms with Crippen LogP contribution >= 0.6 is 0 Å². The third-order valence-corrected chi connectivity index (χ3v) is 5.61. The zero-order valence-electron chi connectivity index (χ0n) is 15.2. The molecule has 0 bridgehead atoms. The predicted molar refractivity (Wildman–Crippen MR) is 90.8 cm³/mol. The van der Waals surface area contributed by atoms with E-state index in [0.717, 1.165) is 19.3 Å². The molecule has 6 nitrogen and oxygen atoms in total. The Hall–Kier alpha value is -1.40. The Balaban J connectivity index is 1.64. The first-order chi connectivity index (χ1) is 11.3. The van der Waals surface area contributed by atoms with E-state index < -0.39 is 0 Å². The van der Waals surface area contributed by atoms with E-state index in [0.29, 0.717) is 25.3 Å². The van der Waals surface area contributed by atoms with Gasteiger partial charge in [-0.15, -0.1) is 0 Å². The number of amides is 1. The van der Waals surface area contributed by atoms with Crippen molar-refractivity contribution in [1.29, 1.82) is 0 Å². The van der Waals surface area contributed by atoms with Gasteiger partial charge in [-0.25, -0.2) is 0 Å². The number of piperidine rings is 1. The summed E-state index contributed by atoms with van der Waals surface area (Å²) in [6.45, 7) is 10.2. The van der Waals surface area contributed by atoms with Gasteiger partial charge in [0.2, 0.25) is 0 Å². The lowest BCUT2D eigenvalue weighted by molar-refractivity contribution is -0.207. The van der Waals surface area contributed by atoms with Crippen molar-refractivity contribution in [3.05, 3.63) is 18.0 Å². The quantitative estimate of drug-likeness (QED) is 0.918. The van der Waals surface area contributed by atoms with E-state index in [1.54, 1.807) is 6.20 Å². The van der Waals surface area contributed by atoms with Gasteiger partial charge in [-0.2, -0.15) is 5.10 Å². The summed E-state index contributed by atoms with van der Waals surface area (Å²) in [5.41, 5.74) is 0.351. The van der Waals surface area contributed by atoms with Crippen LogP contribution in [0.25, 0.3) is 0 Å². The van der Waals surface area contributed by atoms with Gasteiger partial charge < -0.3 is 14.7 Å². The van der Waals surface area contributed by atoms with Crippen LogP contribution in [0.2, 0.25) is 0 Å². The van der Waals surface area contributed by atoms with Crippen molar-refractivity contribution >= 4 is 5.91 Å². The van der Waals surface area contributed by atoms with Gasteiger partial charge in [0.1, 0.15) is 0 Å². The largest absolute Gasteiger partial charge is 0.392 e. The average molecular weight is 335 g/mol. The standard InChI is InChI=1S/C18H29N3O3/c1-5-24-15-10-14(22)18(15)6-8-20(9-7-18)16(23)13-11-19-21(12-13)17(2,3)4/h11-12,14-15,22H,5-10H2,1-4H3. The fourth-order valence-electron chi connectivity index (χ4n) is 3.93. The first kappa shape index (κ1) is 17.4. The van der Waals surface area contributed by atoms with Crippen molar-refractivity contribution in [3.63, 3.8) is 0 Å². The van der Waals surface area contributed by atoms with E-state index >= 15 is 0 Å². The lowest BCUT2D eigenvalue weighted by Gasteiger charge is -2.56.